The predicted molar refractivity (Wildman–Crippen MR) is 73.0 cm³/mol. The smallest absolute Gasteiger partial charge is 0.147 e. The number of anilines is 1. The Kier molecular flexibility index (Phi) is 5.15. The molecule has 0 spiro atoms. The Morgan fingerprint density at radius 3 is 2.61 bits per heavy atom. The van der Waals surface area contributed by atoms with Crippen LogP contribution in [-0.2, 0) is 20.6 Å². The monoisotopic (exact) mass is 291 g/mol. The van der Waals surface area contributed by atoms with E-state index in [1.54, 1.807) is 18.2 Å². The van der Waals surface area contributed by atoms with E-state index in [-0.39, 0.29) is 11.5 Å². The minimum Gasteiger partial charge on any atom is -0.497 e. The van der Waals surface area contributed by atoms with Crippen LogP contribution in [0.25, 0.3) is 0 Å². The maximum atomic E-state index is 12.0. The van der Waals surface area contributed by atoms with Crippen molar-refractivity contribution >= 4 is 26.3 Å². The molecule has 0 aliphatic rings. The number of rotatable bonds is 6. The molecule has 0 fully saturated rings. The van der Waals surface area contributed by atoms with Crippen LogP contribution in [0.5, 0.6) is 5.75 Å². The number of ether oxygens (including phenoxy) is 1. The molecule has 102 valence electrons. The van der Waals surface area contributed by atoms with E-state index in [1.165, 1.54) is 7.11 Å². The van der Waals surface area contributed by atoms with Crippen molar-refractivity contribution in [1.82, 2.24) is 0 Å². The third-order valence-electron chi connectivity index (χ3n) is 2.31. The highest BCUT2D eigenvalue weighted by molar-refractivity contribution is 7.90. The predicted octanol–water partition coefficient (Wildman–Crippen LogP) is 0.820. The molecule has 0 saturated heterocycles. The lowest BCUT2D eigenvalue weighted by Crippen LogP contribution is -2.09. The maximum Gasteiger partial charge on any atom is 0.147 e. The molecule has 0 heterocycles. The van der Waals surface area contributed by atoms with Gasteiger partial charge in [-0.2, -0.15) is 0 Å². The van der Waals surface area contributed by atoms with Crippen molar-refractivity contribution in [3.63, 3.8) is 0 Å². The zero-order chi connectivity index (χ0) is 13.8. The van der Waals surface area contributed by atoms with Crippen LogP contribution in [0.1, 0.15) is 6.42 Å². The Morgan fingerprint density at radius 2 is 2.06 bits per heavy atom. The largest absolute Gasteiger partial charge is 0.497 e. The summed E-state index contributed by atoms with van der Waals surface area (Å²) in [7, 11) is -2.81. The van der Waals surface area contributed by atoms with Gasteiger partial charge in [0.05, 0.1) is 28.6 Å². The zero-order valence-electron chi connectivity index (χ0n) is 10.4. The summed E-state index contributed by atoms with van der Waals surface area (Å²) in [4.78, 5) is 0.489. The van der Waals surface area contributed by atoms with E-state index < -0.39 is 20.6 Å². The number of hydrogen-bond donors (Lipinski definition) is 1. The van der Waals surface area contributed by atoms with Gasteiger partial charge in [0.1, 0.15) is 15.6 Å². The molecule has 0 aromatic heterocycles. The van der Waals surface area contributed by atoms with E-state index >= 15 is 0 Å². The van der Waals surface area contributed by atoms with E-state index in [0.29, 0.717) is 22.8 Å². The van der Waals surface area contributed by atoms with Crippen molar-refractivity contribution in [2.45, 2.75) is 11.3 Å². The SMILES string of the molecule is COc1ccc(N)c(S(=O)CCCS(C)(=O)=O)c1. The van der Waals surface area contributed by atoms with Crippen molar-refractivity contribution in [1.29, 1.82) is 0 Å². The first-order valence-electron chi connectivity index (χ1n) is 5.33. The highest BCUT2D eigenvalue weighted by Gasteiger charge is 2.11. The first kappa shape index (κ1) is 15.0. The highest BCUT2D eigenvalue weighted by Crippen LogP contribution is 2.23. The molecule has 0 radical (unpaired) electrons. The standard InChI is InChI=1S/C11H17NO4S2/c1-16-9-4-5-10(12)11(8-9)17(13)6-3-7-18(2,14)15/h4-5,8H,3,6-7,12H2,1-2H3. The quantitative estimate of drug-likeness (QED) is 0.784. The first-order chi connectivity index (χ1) is 8.33. The summed E-state index contributed by atoms with van der Waals surface area (Å²) in [6.07, 6.45) is 1.51. The van der Waals surface area contributed by atoms with Crippen molar-refractivity contribution < 1.29 is 17.4 Å². The number of sulfone groups is 1. The van der Waals surface area contributed by atoms with Gasteiger partial charge in [0, 0.05) is 17.7 Å². The van der Waals surface area contributed by atoms with Crippen LogP contribution in [0.2, 0.25) is 0 Å². The van der Waals surface area contributed by atoms with Crippen molar-refractivity contribution in [3.05, 3.63) is 18.2 Å². The Labute approximate surface area is 110 Å². The molecule has 1 unspecified atom stereocenters. The second-order valence-electron chi connectivity index (χ2n) is 3.94. The molecule has 0 aliphatic carbocycles. The average Bonchev–Trinajstić information content (AvgIpc) is 2.27. The van der Waals surface area contributed by atoms with E-state index in [2.05, 4.69) is 0 Å². The van der Waals surface area contributed by atoms with Crippen LogP contribution in [0, 0.1) is 0 Å². The van der Waals surface area contributed by atoms with E-state index in [0.717, 1.165) is 6.26 Å². The highest BCUT2D eigenvalue weighted by atomic mass is 32.2. The third-order valence-corrected chi connectivity index (χ3v) is 4.84. The maximum absolute atomic E-state index is 12.0. The molecule has 0 amide bonds. The second kappa shape index (κ2) is 6.19. The van der Waals surface area contributed by atoms with Gasteiger partial charge in [0.25, 0.3) is 0 Å². The van der Waals surface area contributed by atoms with Crippen molar-refractivity contribution in [2.75, 3.05) is 30.6 Å². The molecule has 18 heavy (non-hydrogen) atoms. The summed E-state index contributed by atoms with van der Waals surface area (Å²) in [5.74, 6) is 0.878. The topological polar surface area (TPSA) is 86.5 Å². The van der Waals surface area contributed by atoms with E-state index in [4.69, 9.17) is 10.5 Å². The molecule has 5 nitrogen and oxygen atoms in total. The van der Waals surface area contributed by atoms with Crippen LogP contribution in [0.3, 0.4) is 0 Å². The Bertz CT molecular complexity index is 540. The first-order valence-corrected chi connectivity index (χ1v) is 8.71. The summed E-state index contributed by atoms with van der Waals surface area (Å²) >= 11 is 0. The van der Waals surface area contributed by atoms with Crippen LogP contribution in [0.15, 0.2) is 23.1 Å². The van der Waals surface area contributed by atoms with Gasteiger partial charge in [0.15, 0.2) is 0 Å². The molecule has 1 rings (SSSR count). The number of nitrogens with two attached hydrogens (primary N) is 1. The number of benzene rings is 1. The van der Waals surface area contributed by atoms with E-state index in [9.17, 15) is 12.6 Å². The molecule has 1 aromatic rings. The minimum absolute atomic E-state index is 0.0304. The fourth-order valence-corrected chi connectivity index (χ4v) is 3.46. The lowest BCUT2D eigenvalue weighted by molar-refractivity contribution is 0.413. The molecule has 2 N–H and O–H groups in total. The summed E-state index contributed by atoms with van der Waals surface area (Å²) < 4.78 is 39.0. The average molecular weight is 291 g/mol. The van der Waals surface area contributed by atoms with Gasteiger partial charge in [-0.25, -0.2) is 8.42 Å². The molecular formula is C11H17NO4S2. The van der Waals surface area contributed by atoms with Crippen LogP contribution in [-0.4, -0.2) is 37.5 Å². The van der Waals surface area contributed by atoms with Gasteiger partial charge in [-0.1, -0.05) is 0 Å². The summed E-state index contributed by atoms with van der Waals surface area (Å²) in [6.45, 7) is 0. The fraction of sp³-hybridized carbons (Fsp3) is 0.455. The molecule has 0 aliphatic heterocycles. The molecule has 7 heteroatoms. The van der Waals surface area contributed by atoms with Gasteiger partial charge < -0.3 is 10.5 Å². The Hall–Kier alpha value is -1.08. The third kappa shape index (κ3) is 4.66. The Morgan fingerprint density at radius 1 is 1.39 bits per heavy atom. The summed E-state index contributed by atoms with van der Waals surface area (Å²) in [5.41, 5.74) is 6.16. The minimum atomic E-state index is -3.02. The molecule has 1 atom stereocenters. The Balaban J connectivity index is 2.72. The van der Waals surface area contributed by atoms with E-state index in [1.807, 2.05) is 0 Å². The number of nitrogen functional groups attached to an aromatic ring is 1. The van der Waals surface area contributed by atoms with Gasteiger partial charge in [-0.05, 0) is 24.6 Å². The van der Waals surface area contributed by atoms with Gasteiger partial charge >= 0.3 is 0 Å². The number of hydrogen-bond acceptors (Lipinski definition) is 5. The molecule has 1 aromatic carbocycles. The lowest BCUT2D eigenvalue weighted by Gasteiger charge is -2.07. The fourth-order valence-electron chi connectivity index (χ4n) is 1.40. The van der Waals surface area contributed by atoms with Crippen molar-refractivity contribution in [3.8, 4) is 5.75 Å². The molecule has 0 saturated carbocycles. The molecule has 0 bridgehead atoms. The van der Waals surface area contributed by atoms with Gasteiger partial charge in [-0.3, -0.25) is 4.21 Å². The molecular weight excluding hydrogens is 274 g/mol. The van der Waals surface area contributed by atoms with Gasteiger partial charge in [0.2, 0.25) is 0 Å². The van der Waals surface area contributed by atoms with Crippen LogP contribution < -0.4 is 10.5 Å². The summed E-state index contributed by atoms with van der Waals surface area (Å²) in [6, 6.07) is 4.93. The van der Waals surface area contributed by atoms with Crippen molar-refractivity contribution in [2.24, 2.45) is 0 Å². The summed E-state index contributed by atoms with van der Waals surface area (Å²) in [5, 5.41) is 0. The zero-order valence-corrected chi connectivity index (χ0v) is 12.0. The second-order valence-corrected chi connectivity index (χ2v) is 7.74. The lowest BCUT2D eigenvalue weighted by atomic mass is 10.3. The van der Waals surface area contributed by atoms with Crippen LogP contribution >= 0.6 is 0 Å². The number of methoxy groups -OCH3 is 1. The normalized spacial score (nSPS) is 13.2. The van der Waals surface area contributed by atoms with Crippen LogP contribution in [0.4, 0.5) is 5.69 Å². The van der Waals surface area contributed by atoms with Gasteiger partial charge in [-0.15, -0.1) is 0 Å².